The summed E-state index contributed by atoms with van der Waals surface area (Å²) in [7, 11) is 0. The Labute approximate surface area is 737 Å². The molecule has 0 unspecified atom stereocenters. The van der Waals surface area contributed by atoms with Gasteiger partial charge in [-0.15, -0.1) is 0 Å². The molecule has 0 atom stereocenters. The lowest BCUT2D eigenvalue weighted by Crippen LogP contribution is -1.95. The Bertz CT molecular complexity index is 9640. The number of furan rings is 3. The van der Waals surface area contributed by atoms with Crippen LogP contribution in [0.5, 0.6) is 0 Å². The van der Waals surface area contributed by atoms with Crippen LogP contribution >= 0.6 is 0 Å². The summed E-state index contributed by atoms with van der Waals surface area (Å²) in [5.74, 6) is 0. The van der Waals surface area contributed by atoms with Crippen molar-refractivity contribution in [2.75, 3.05) is 0 Å². The van der Waals surface area contributed by atoms with E-state index in [9.17, 15) is 0 Å². The number of benzene rings is 20. The molecule has 9 aromatic heterocycles. The zero-order valence-electron chi connectivity index (χ0n) is 69.6. The molecule has 0 aliphatic heterocycles. The Balaban J connectivity index is 0.000000100. The average molecular weight is 1650 g/mol. The molecule has 129 heavy (non-hydrogen) atoms. The Kier molecular flexibility index (Phi) is 16.0. The fourth-order valence-corrected chi connectivity index (χ4v) is 21.3. The average Bonchev–Trinajstić information content (AvgIpc) is 1.55. The van der Waals surface area contributed by atoms with Crippen LogP contribution in [0, 0.1) is 0 Å². The van der Waals surface area contributed by atoms with Gasteiger partial charge in [-0.3, -0.25) is 0 Å². The van der Waals surface area contributed by atoms with E-state index in [-0.39, 0.29) is 0 Å². The van der Waals surface area contributed by atoms with E-state index in [1.807, 2.05) is 36.4 Å². The number of fused-ring (bicyclic) bond motifs is 30. The lowest BCUT2D eigenvalue weighted by molar-refractivity contribution is 0.668. The highest BCUT2D eigenvalue weighted by molar-refractivity contribution is 6.32. The highest BCUT2D eigenvalue weighted by Gasteiger charge is 2.27. The molecular formula is C120H74N6O3. The highest BCUT2D eigenvalue weighted by Crippen LogP contribution is 2.49. The minimum atomic E-state index is 0.899. The summed E-state index contributed by atoms with van der Waals surface area (Å²) in [5.41, 5.74) is 31.4. The molecule has 602 valence electrons. The first-order valence-electron chi connectivity index (χ1n) is 44.0. The SMILES string of the molecule is c1ccc(-c2ccc(-n3c4ccccc4c4c5c6ccccc6n(-c6ccc7c(c6)oc6ccccc67)c5ccc43)cc2)cc1.c1ccc(-c2cccc(-n3c4ccccc4c4c5c6ccccc6n(-c6ccc7c(c6)oc6ccccc67)c5ccc43)c2)cc1.c1ccc(-n2c3ccccc3c3c4c5ccccc5n(-c5ccc6c(c5)oc5ccccc56)c4ccc32)cc1. The van der Waals surface area contributed by atoms with Gasteiger partial charge in [-0.1, -0.05) is 267 Å². The summed E-state index contributed by atoms with van der Waals surface area (Å²) >= 11 is 0. The summed E-state index contributed by atoms with van der Waals surface area (Å²) in [4.78, 5) is 0. The zero-order valence-corrected chi connectivity index (χ0v) is 69.6. The molecule has 29 aromatic rings. The molecule has 0 bridgehead atoms. The highest BCUT2D eigenvalue weighted by atomic mass is 16.3. The molecule has 0 fully saturated rings. The lowest BCUT2D eigenvalue weighted by atomic mass is 10.0. The van der Waals surface area contributed by atoms with E-state index in [2.05, 4.69) is 440 Å². The van der Waals surface area contributed by atoms with Gasteiger partial charge in [-0.05, 0) is 186 Å². The van der Waals surface area contributed by atoms with E-state index in [1.54, 1.807) is 0 Å². The van der Waals surface area contributed by atoms with E-state index >= 15 is 0 Å². The third-order valence-corrected chi connectivity index (χ3v) is 26.7. The van der Waals surface area contributed by atoms with Crippen molar-refractivity contribution in [2.24, 2.45) is 0 Å². The Morgan fingerprint density at radius 3 is 0.643 bits per heavy atom. The molecule has 20 aromatic carbocycles. The molecule has 0 radical (unpaired) electrons. The molecule has 0 saturated heterocycles. The van der Waals surface area contributed by atoms with Gasteiger partial charge < -0.3 is 40.7 Å². The van der Waals surface area contributed by atoms with Gasteiger partial charge in [-0.25, -0.2) is 0 Å². The van der Waals surface area contributed by atoms with Crippen LogP contribution in [-0.2, 0) is 0 Å². The van der Waals surface area contributed by atoms with Crippen LogP contribution < -0.4 is 0 Å². The number of hydrogen-bond donors (Lipinski definition) is 0. The maximum atomic E-state index is 6.32. The van der Waals surface area contributed by atoms with Gasteiger partial charge >= 0.3 is 0 Å². The second kappa shape index (κ2) is 28.6. The molecule has 0 aliphatic rings. The van der Waals surface area contributed by atoms with Gasteiger partial charge in [0, 0.05) is 149 Å². The van der Waals surface area contributed by atoms with Crippen LogP contribution in [0.3, 0.4) is 0 Å². The number of hydrogen-bond acceptors (Lipinski definition) is 3. The predicted molar refractivity (Wildman–Crippen MR) is 538 cm³/mol. The van der Waals surface area contributed by atoms with Crippen molar-refractivity contribution in [2.45, 2.75) is 0 Å². The molecule has 0 spiro atoms. The van der Waals surface area contributed by atoms with E-state index < -0.39 is 0 Å². The van der Waals surface area contributed by atoms with Gasteiger partial charge in [0.05, 0.1) is 66.2 Å². The Hall–Kier alpha value is -17.4. The van der Waals surface area contributed by atoms with Gasteiger partial charge in [0.2, 0.25) is 0 Å². The standard InChI is InChI=1S/2C42H26N2O.C36H22N2O/c1-2-11-27(12-3-1)28-13-10-14-29(25-28)43-35-18-7-4-16-33(35)41-37(43)23-24-38-42(41)34-17-5-8-19-36(34)44(38)30-21-22-32-31-15-6-9-20-39(31)45-40(32)26-30;1-2-10-27(11-3-1)28-18-20-29(21-19-28)43-35-15-7-4-13-33(35)41-37(43)24-25-38-42(41)34-14-5-8-16-36(34)44(38)30-22-23-32-31-12-6-9-17-39(31)45-40(32)26-30;1-2-10-23(11-3-1)37-29-15-7-4-13-27(29)35-31(37)20-21-32-36(35)28-14-5-8-16-30(28)38(32)24-18-19-26-25-12-6-9-17-33(25)39-34(26)22-24/h2*1-26H;1-22H. The van der Waals surface area contributed by atoms with Gasteiger partial charge in [0.15, 0.2) is 0 Å². The van der Waals surface area contributed by atoms with Crippen LogP contribution in [0.25, 0.3) is 253 Å². The van der Waals surface area contributed by atoms with E-state index in [0.29, 0.717) is 0 Å². The minimum Gasteiger partial charge on any atom is -0.456 e. The topological polar surface area (TPSA) is 69.0 Å². The van der Waals surface area contributed by atoms with Crippen molar-refractivity contribution >= 4 is 197 Å². The molecule has 0 aliphatic carbocycles. The van der Waals surface area contributed by atoms with Gasteiger partial charge in [0.25, 0.3) is 0 Å². The minimum absolute atomic E-state index is 0.899. The van der Waals surface area contributed by atoms with Crippen molar-refractivity contribution in [3.05, 3.63) is 449 Å². The van der Waals surface area contributed by atoms with Crippen molar-refractivity contribution < 1.29 is 13.3 Å². The van der Waals surface area contributed by atoms with Crippen LogP contribution in [0.4, 0.5) is 0 Å². The number of nitrogens with zero attached hydrogens (tertiary/aromatic N) is 6. The zero-order chi connectivity index (χ0) is 84.5. The Morgan fingerprint density at radius 2 is 0.326 bits per heavy atom. The molecule has 0 amide bonds. The predicted octanol–water partition coefficient (Wildman–Crippen LogP) is 32.7. The Morgan fingerprint density at radius 1 is 0.116 bits per heavy atom. The second-order valence-corrected chi connectivity index (χ2v) is 33.7. The van der Waals surface area contributed by atoms with Crippen LogP contribution in [0.15, 0.2) is 462 Å². The van der Waals surface area contributed by atoms with Crippen molar-refractivity contribution in [1.29, 1.82) is 0 Å². The van der Waals surface area contributed by atoms with E-state index in [0.717, 1.165) is 94.3 Å². The van der Waals surface area contributed by atoms with Crippen molar-refractivity contribution in [3.63, 3.8) is 0 Å². The molecule has 9 heterocycles. The smallest absolute Gasteiger partial charge is 0.137 e. The first-order valence-corrected chi connectivity index (χ1v) is 44.0. The maximum Gasteiger partial charge on any atom is 0.137 e. The molecule has 0 N–H and O–H groups in total. The summed E-state index contributed by atoms with van der Waals surface area (Å²) in [6.45, 7) is 0. The third-order valence-electron chi connectivity index (χ3n) is 26.7. The van der Waals surface area contributed by atoms with Crippen LogP contribution in [-0.4, -0.2) is 27.4 Å². The van der Waals surface area contributed by atoms with E-state index in [1.165, 1.54) is 159 Å². The number of rotatable bonds is 8. The monoisotopic (exact) mass is 1650 g/mol. The van der Waals surface area contributed by atoms with E-state index in [4.69, 9.17) is 13.3 Å². The molecule has 29 rings (SSSR count). The largest absolute Gasteiger partial charge is 0.456 e. The first-order chi connectivity index (χ1) is 64.0. The molecule has 9 heteroatoms. The number of aromatic nitrogens is 6. The maximum absolute atomic E-state index is 6.32. The fraction of sp³-hybridized carbons (Fsp3) is 0. The normalized spacial score (nSPS) is 12.0. The fourth-order valence-electron chi connectivity index (χ4n) is 21.3. The van der Waals surface area contributed by atoms with Gasteiger partial charge in [-0.2, -0.15) is 0 Å². The van der Waals surface area contributed by atoms with Crippen molar-refractivity contribution in [1.82, 2.24) is 27.4 Å². The molecule has 0 saturated carbocycles. The third kappa shape index (κ3) is 11.0. The van der Waals surface area contributed by atoms with Crippen LogP contribution in [0.1, 0.15) is 0 Å². The summed E-state index contributed by atoms with van der Waals surface area (Å²) in [5, 5.41) is 22.0. The summed E-state index contributed by atoms with van der Waals surface area (Å²) < 4.78 is 33.3. The number of para-hydroxylation sites is 10. The van der Waals surface area contributed by atoms with Crippen molar-refractivity contribution in [3.8, 4) is 56.4 Å². The molecule has 9 nitrogen and oxygen atoms in total. The molecular weight excluding hydrogens is 1570 g/mol. The summed E-state index contributed by atoms with van der Waals surface area (Å²) in [6.07, 6.45) is 0. The lowest BCUT2D eigenvalue weighted by Gasteiger charge is -2.11. The van der Waals surface area contributed by atoms with Crippen LogP contribution in [0.2, 0.25) is 0 Å². The first kappa shape index (κ1) is 72.1. The summed E-state index contributed by atoms with van der Waals surface area (Å²) in [6, 6.07) is 161. The second-order valence-electron chi connectivity index (χ2n) is 33.7. The quantitative estimate of drug-likeness (QED) is 0.152. The van der Waals surface area contributed by atoms with Gasteiger partial charge in [0.1, 0.15) is 33.5 Å².